The van der Waals surface area contributed by atoms with Crippen LogP contribution in [0.4, 0.5) is 0 Å². The predicted molar refractivity (Wildman–Crippen MR) is 81.9 cm³/mol. The van der Waals surface area contributed by atoms with Crippen LogP contribution < -0.4 is 10.1 Å². The molecule has 116 valence electrons. The zero-order valence-electron chi connectivity index (χ0n) is 13.0. The molecule has 0 bridgehead atoms. The molecular formula is C17H25NO3. The Kier molecular flexibility index (Phi) is 4.48. The van der Waals surface area contributed by atoms with Gasteiger partial charge in [0.1, 0.15) is 5.75 Å². The molecule has 1 saturated heterocycles. The number of fused-ring (bicyclic) bond motifs is 1. The topological polar surface area (TPSA) is 39.7 Å². The second kappa shape index (κ2) is 6.34. The van der Waals surface area contributed by atoms with Crippen molar-refractivity contribution in [2.45, 2.75) is 37.8 Å². The van der Waals surface area contributed by atoms with Gasteiger partial charge in [-0.1, -0.05) is 25.1 Å². The first-order chi connectivity index (χ1) is 10.3. The number of ether oxygens (including phenoxy) is 3. The van der Waals surface area contributed by atoms with Gasteiger partial charge in [-0.25, -0.2) is 0 Å². The number of hydrogen-bond donors (Lipinski definition) is 1. The van der Waals surface area contributed by atoms with Gasteiger partial charge in [0.05, 0.1) is 18.2 Å². The van der Waals surface area contributed by atoms with E-state index in [1.807, 2.05) is 7.11 Å². The van der Waals surface area contributed by atoms with Crippen molar-refractivity contribution in [1.82, 2.24) is 5.32 Å². The van der Waals surface area contributed by atoms with Crippen molar-refractivity contribution in [3.63, 3.8) is 0 Å². The fourth-order valence-electron chi connectivity index (χ4n) is 3.58. The molecule has 2 aliphatic rings. The zero-order chi connectivity index (χ0) is 14.7. The van der Waals surface area contributed by atoms with Gasteiger partial charge >= 0.3 is 0 Å². The van der Waals surface area contributed by atoms with Crippen LogP contribution in [-0.4, -0.2) is 39.1 Å². The maximum absolute atomic E-state index is 6.01. The van der Waals surface area contributed by atoms with E-state index in [0.29, 0.717) is 0 Å². The molecule has 1 N–H and O–H groups in total. The Morgan fingerprint density at radius 3 is 2.81 bits per heavy atom. The zero-order valence-corrected chi connectivity index (χ0v) is 13.0. The summed E-state index contributed by atoms with van der Waals surface area (Å²) in [4.78, 5) is 0. The van der Waals surface area contributed by atoms with Crippen LogP contribution in [0.15, 0.2) is 18.2 Å². The average molecular weight is 291 g/mol. The summed E-state index contributed by atoms with van der Waals surface area (Å²) < 4.78 is 17.5. The van der Waals surface area contributed by atoms with Crippen LogP contribution >= 0.6 is 0 Å². The lowest BCUT2D eigenvalue weighted by Crippen LogP contribution is -2.49. The molecule has 4 nitrogen and oxygen atoms in total. The van der Waals surface area contributed by atoms with Crippen molar-refractivity contribution in [1.29, 1.82) is 0 Å². The second-order valence-corrected chi connectivity index (χ2v) is 5.81. The lowest BCUT2D eigenvalue weighted by molar-refractivity contribution is -0.111. The number of para-hydroxylation sites is 1. The third kappa shape index (κ3) is 2.68. The van der Waals surface area contributed by atoms with Crippen LogP contribution in [0.2, 0.25) is 0 Å². The molecule has 1 unspecified atom stereocenters. The molecule has 1 aromatic carbocycles. The Balaban J connectivity index is 1.99. The minimum atomic E-state index is -0.213. The lowest BCUT2D eigenvalue weighted by Gasteiger charge is -2.43. The van der Waals surface area contributed by atoms with Gasteiger partial charge in [0.15, 0.2) is 0 Å². The highest BCUT2D eigenvalue weighted by molar-refractivity contribution is 5.46. The van der Waals surface area contributed by atoms with E-state index in [9.17, 15) is 0 Å². The SMILES string of the molecule is CCNC(c1cccc2c1OCC2)C1(OC)CCOCC1. The number of nitrogens with one attached hydrogen (secondary N) is 1. The molecule has 0 saturated carbocycles. The van der Waals surface area contributed by atoms with Crippen LogP contribution in [0, 0.1) is 0 Å². The Hall–Kier alpha value is -1.10. The molecule has 1 atom stereocenters. The first-order valence-electron chi connectivity index (χ1n) is 7.91. The maximum Gasteiger partial charge on any atom is 0.127 e. The summed E-state index contributed by atoms with van der Waals surface area (Å²) in [6.07, 6.45) is 2.82. The third-order valence-corrected chi connectivity index (χ3v) is 4.74. The molecule has 2 heterocycles. The molecule has 1 fully saturated rings. The van der Waals surface area contributed by atoms with Gasteiger partial charge in [-0.3, -0.25) is 0 Å². The Bertz CT molecular complexity index is 483. The average Bonchev–Trinajstić information content (AvgIpc) is 3.02. The van der Waals surface area contributed by atoms with E-state index in [-0.39, 0.29) is 11.6 Å². The quantitative estimate of drug-likeness (QED) is 0.904. The van der Waals surface area contributed by atoms with Gasteiger partial charge in [0, 0.05) is 45.1 Å². The van der Waals surface area contributed by atoms with Crippen LogP contribution in [0.5, 0.6) is 5.75 Å². The molecule has 0 aromatic heterocycles. The van der Waals surface area contributed by atoms with E-state index in [1.165, 1.54) is 11.1 Å². The molecular weight excluding hydrogens is 266 g/mol. The fourth-order valence-corrected chi connectivity index (χ4v) is 3.58. The highest BCUT2D eigenvalue weighted by Crippen LogP contribution is 2.43. The van der Waals surface area contributed by atoms with Crippen molar-refractivity contribution in [3.8, 4) is 5.75 Å². The summed E-state index contributed by atoms with van der Waals surface area (Å²) in [6.45, 7) is 5.34. The standard InChI is InChI=1S/C17H25NO3/c1-3-18-16(17(19-2)8-11-20-12-9-17)14-6-4-5-13-7-10-21-15(13)14/h4-6,16,18H,3,7-12H2,1-2H3. The van der Waals surface area contributed by atoms with Crippen molar-refractivity contribution in [2.24, 2.45) is 0 Å². The van der Waals surface area contributed by atoms with Crippen molar-refractivity contribution in [3.05, 3.63) is 29.3 Å². The Labute approximate surface area is 126 Å². The number of hydrogen-bond acceptors (Lipinski definition) is 4. The Morgan fingerprint density at radius 1 is 1.29 bits per heavy atom. The number of likely N-dealkylation sites (N-methyl/N-ethyl adjacent to an activating group) is 1. The van der Waals surface area contributed by atoms with E-state index < -0.39 is 0 Å². The van der Waals surface area contributed by atoms with Crippen LogP contribution in [0.1, 0.15) is 36.9 Å². The summed E-state index contributed by atoms with van der Waals surface area (Å²) in [7, 11) is 1.82. The largest absolute Gasteiger partial charge is 0.493 e. The van der Waals surface area contributed by atoms with Gasteiger partial charge in [-0.05, 0) is 12.1 Å². The van der Waals surface area contributed by atoms with Gasteiger partial charge < -0.3 is 19.5 Å². The minimum Gasteiger partial charge on any atom is -0.493 e. The second-order valence-electron chi connectivity index (χ2n) is 5.81. The summed E-state index contributed by atoms with van der Waals surface area (Å²) in [5.41, 5.74) is 2.33. The minimum absolute atomic E-state index is 0.143. The predicted octanol–water partition coefficient (Wildman–Crippen LogP) is 2.47. The molecule has 0 amide bonds. The summed E-state index contributed by atoms with van der Waals surface area (Å²) in [6, 6.07) is 6.62. The first-order valence-corrected chi connectivity index (χ1v) is 7.91. The van der Waals surface area contributed by atoms with Gasteiger partial charge in [0.2, 0.25) is 0 Å². The van der Waals surface area contributed by atoms with Gasteiger partial charge in [-0.15, -0.1) is 0 Å². The smallest absolute Gasteiger partial charge is 0.127 e. The molecule has 21 heavy (non-hydrogen) atoms. The number of benzene rings is 1. The van der Waals surface area contributed by atoms with Crippen LogP contribution in [0.3, 0.4) is 0 Å². The highest BCUT2D eigenvalue weighted by Gasteiger charge is 2.42. The van der Waals surface area contributed by atoms with Crippen LogP contribution in [-0.2, 0) is 15.9 Å². The fraction of sp³-hybridized carbons (Fsp3) is 0.647. The molecule has 3 rings (SSSR count). The summed E-state index contributed by atoms with van der Waals surface area (Å²) in [5.74, 6) is 1.06. The molecule has 0 aliphatic carbocycles. The first kappa shape index (κ1) is 14.8. The van der Waals surface area contributed by atoms with E-state index >= 15 is 0 Å². The van der Waals surface area contributed by atoms with Gasteiger partial charge in [-0.2, -0.15) is 0 Å². The van der Waals surface area contributed by atoms with Crippen molar-refractivity contribution < 1.29 is 14.2 Å². The third-order valence-electron chi connectivity index (χ3n) is 4.74. The van der Waals surface area contributed by atoms with E-state index in [1.54, 1.807) is 0 Å². The Morgan fingerprint density at radius 2 is 2.10 bits per heavy atom. The van der Waals surface area contributed by atoms with E-state index in [0.717, 1.165) is 51.4 Å². The monoisotopic (exact) mass is 291 g/mol. The normalized spacial score (nSPS) is 21.6. The van der Waals surface area contributed by atoms with Crippen LogP contribution in [0.25, 0.3) is 0 Å². The maximum atomic E-state index is 6.01. The molecule has 0 radical (unpaired) electrons. The van der Waals surface area contributed by atoms with Crippen molar-refractivity contribution >= 4 is 0 Å². The lowest BCUT2D eigenvalue weighted by atomic mass is 9.81. The van der Waals surface area contributed by atoms with Crippen molar-refractivity contribution in [2.75, 3.05) is 33.5 Å². The number of rotatable bonds is 5. The molecule has 1 aromatic rings. The molecule has 0 spiro atoms. The van der Waals surface area contributed by atoms with E-state index in [4.69, 9.17) is 14.2 Å². The molecule has 4 heteroatoms. The highest BCUT2D eigenvalue weighted by atomic mass is 16.5. The summed E-state index contributed by atoms with van der Waals surface area (Å²) >= 11 is 0. The molecule has 2 aliphatic heterocycles. The number of methoxy groups -OCH3 is 1. The van der Waals surface area contributed by atoms with E-state index in [2.05, 4.69) is 30.4 Å². The van der Waals surface area contributed by atoms with Gasteiger partial charge in [0.25, 0.3) is 0 Å². The summed E-state index contributed by atoms with van der Waals surface area (Å²) in [5, 5.41) is 3.63.